The number of hydrogen-bond acceptors (Lipinski definition) is 7. The Morgan fingerprint density at radius 1 is 1.29 bits per heavy atom. The van der Waals surface area contributed by atoms with Crippen molar-refractivity contribution in [2.45, 2.75) is 24.4 Å². The molecule has 0 aromatic heterocycles. The van der Waals surface area contributed by atoms with Crippen molar-refractivity contribution in [3.63, 3.8) is 0 Å². The van der Waals surface area contributed by atoms with Crippen LogP contribution < -0.4 is 5.73 Å². The van der Waals surface area contributed by atoms with Crippen molar-refractivity contribution in [3.8, 4) is 0 Å². The molecule has 0 bridgehead atoms. The quantitative estimate of drug-likeness (QED) is 0.279. The lowest BCUT2D eigenvalue weighted by atomic mass is 9.99. The summed E-state index contributed by atoms with van der Waals surface area (Å²) in [7, 11) is 0. The molecule has 0 aliphatic heterocycles. The average Bonchev–Trinajstić information content (AvgIpc) is 2.23. The molecular formula is C7H12NO6. The zero-order chi connectivity index (χ0) is 11.3. The summed E-state index contributed by atoms with van der Waals surface area (Å²) in [5.41, 5.74) is 5.05. The molecule has 0 amide bonds. The minimum Gasteiger partial charge on any atom is -0.394 e. The van der Waals surface area contributed by atoms with Crippen LogP contribution in [0.1, 0.15) is 0 Å². The highest BCUT2D eigenvalue weighted by Gasteiger charge is 2.32. The first kappa shape index (κ1) is 13.1. The molecule has 4 atom stereocenters. The number of hydrogen-bond donors (Lipinski definition) is 5. The first-order chi connectivity index (χ1) is 6.45. The largest absolute Gasteiger partial charge is 0.394 e. The average molecular weight is 206 g/mol. The molecular weight excluding hydrogens is 194 g/mol. The molecule has 14 heavy (non-hydrogen) atoms. The molecule has 0 unspecified atom stereocenters. The molecule has 0 fully saturated rings. The minimum atomic E-state index is -1.83. The minimum absolute atomic E-state index is 0.802. The van der Waals surface area contributed by atoms with Crippen molar-refractivity contribution in [1.82, 2.24) is 0 Å². The summed E-state index contributed by atoms with van der Waals surface area (Å²) in [5.74, 6) is -1.22. The molecule has 0 heterocycles. The van der Waals surface area contributed by atoms with Crippen molar-refractivity contribution in [2.24, 2.45) is 5.73 Å². The Balaban J connectivity index is 4.37. The predicted molar refractivity (Wildman–Crippen MR) is 43.8 cm³/mol. The molecule has 0 aliphatic rings. The van der Waals surface area contributed by atoms with Crippen LogP contribution in [0.15, 0.2) is 0 Å². The fraction of sp³-hybridized carbons (Fsp3) is 0.714. The summed E-state index contributed by atoms with van der Waals surface area (Å²) in [4.78, 5) is 20.5. The van der Waals surface area contributed by atoms with Crippen molar-refractivity contribution < 1.29 is 30.0 Å². The number of carbonyl (C=O) groups excluding carboxylic acids is 2. The Morgan fingerprint density at radius 2 is 1.79 bits per heavy atom. The Kier molecular flexibility index (Phi) is 5.43. The van der Waals surface area contributed by atoms with Crippen molar-refractivity contribution >= 4 is 12.1 Å². The second-order valence-electron chi connectivity index (χ2n) is 2.72. The number of Topliss-reactive ketones (excluding diaryl/α,β-unsaturated/α-hetero) is 1. The second-order valence-corrected chi connectivity index (χ2v) is 2.72. The van der Waals surface area contributed by atoms with Gasteiger partial charge in [-0.25, -0.2) is 0 Å². The molecule has 7 nitrogen and oxygen atoms in total. The van der Waals surface area contributed by atoms with Gasteiger partial charge >= 0.3 is 0 Å². The topological polar surface area (TPSA) is 141 Å². The normalized spacial score (nSPS) is 19.5. The van der Waals surface area contributed by atoms with Crippen molar-refractivity contribution in [3.05, 3.63) is 0 Å². The van der Waals surface area contributed by atoms with Crippen molar-refractivity contribution in [2.75, 3.05) is 6.61 Å². The van der Waals surface area contributed by atoms with Gasteiger partial charge in [0.05, 0.1) is 6.61 Å². The molecule has 0 saturated heterocycles. The Labute approximate surface area is 79.8 Å². The molecule has 0 aromatic rings. The number of aliphatic hydroxyl groups excluding tert-OH is 4. The maximum Gasteiger partial charge on any atom is 0.273 e. The first-order valence-corrected chi connectivity index (χ1v) is 3.78. The third-order valence-electron chi connectivity index (χ3n) is 1.70. The first-order valence-electron chi connectivity index (χ1n) is 3.78. The standard InChI is InChI=1S/C7H12NO6/c8-5(3(11)1-9)7(14)6(13)4(12)2-10/h4-7,10,12-14H,2,8H2/t4-,5+,6-,7-/m1/s1. The van der Waals surface area contributed by atoms with E-state index in [0.29, 0.717) is 0 Å². The fourth-order valence-electron chi connectivity index (χ4n) is 0.771. The van der Waals surface area contributed by atoms with E-state index in [-0.39, 0.29) is 0 Å². The summed E-state index contributed by atoms with van der Waals surface area (Å²) in [6.45, 7) is -0.802. The van der Waals surface area contributed by atoms with Crippen molar-refractivity contribution in [1.29, 1.82) is 0 Å². The predicted octanol–water partition coefficient (Wildman–Crippen LogP) is -3.93. The van der Waals surface area contributed by atoms with E-state index in [1.165, 1.54) is 0 Å². The maximum atomic E-state index is 10.6. The summed E-state index contributed by atoms with van der Waals surface area (Å²) >= 11 is 0. The molecule has 7 heteroatoms. The maximum absolute atomic E-state index is 10.6. The lowest BCUT2D eigenvalue weighted by Crippen LogP contribution is -2.53. The number of nitrogens with two attached hydrogens (primary N) is 1. The van der Waals surface area contributed by atoms with Crippen LogP contribution in [-0.4, -0.2) is 63.5 Å². The van der Waals surface area contributed by atoms with Gasteiger partial charge in [0, 0.05) is 0 Å². The monoisotopic (exact) mass is 206 g/mol. The molecule has 0 spiro atoms. The van der Waals surface area contributed by atoms with Gasteiger partial charge in [-0.3, -0.25) is 9.59 Å². The second kappa shape index (κ2) is 5.78. The molecule has 0 aliphatic carbocycles. The smallest absolute Gasteiger partial charge is 0.273 e. The van der Waals surface area contributed by atoms with E-state index in [0.717, 1.165) is 6.29 Å². The Morgan fingerprint density at radius 3 is 2.14 bits per heavy atom. The zero-order valence-corrected chi connectivity index (χ0v) is 7.20. The van der Waals surface area contributed by atoms with Crippen LogP contribution in [0.3, 0.4) is 0 Å². The van der Waals surface area contributed by atoms with Gasteiger partial charge in [-0.15, -0.1) is 0 Å². The van der Waals surface area contributed by atoms with Crippen LogP contribution in [0.25, 0.3) is 0 Å². The molecule has 81 valence electrons. The third-order valence-corrected chi connectivity index (χ3v) is 1.70. The van der Waals surface area contributed by atoms with Crippen LogP contribution in [0.2, 0.25) is 0 Å². The van der Waals surface area contributed by atoms with Gasteiger partial charge in [-0.1, -0.05) is 0 Å². The van der Waals surface area contributed by atoms with Gasteiger partial charge in [0.25, 0.3) is 6.29 Å². The highest BCUT2D eigenvalue weighted by molar-refractivity contribution is 6.27. The number of ketones is 1. The van der Waals surface area contributed by atoms with E-state index in [4.69, 9.17) is 26.2 Å². The number of aliphatic hydroxyl groups is 4. The van der Waals surface area contributed by atoms with Gasteiger partial charge in [0.1, 0.15) is 24.4 Å². The van der Waals surface area contributed by atoms with Crippen LogP contribution in [-0.2, 0) is 9.59 Å². The summed E-state index contributed by atoms with van der Waals surface area (Å²) in [5, 5.41) is 35.5. The zero-order valence-electron chi connectivity index (χ0n) is 7.20. The van der Waals surface area contributed by atoms with Crippen LogP contribution >= 0.6 is 0 Å². The molecule has 6 N–H and O–H groups in total. The van der Waals surface area contributed by atoms with E-state index in [2.05, 4.69) is 0 Å². The van der Waals surface area contributed by atoms with Crippen LogP contribution in [0.4, 0.5) is 0 Å². The molecule has 1 radical (unpaired) electrons. The number of rotatable bonds is 6. The van der Waals surface area contributed by atoms with E-state index in [1.54, 1.807) is 0 Å². The Hall–Kier alpha value is -0.860. The van der Waals surface area contributed by atoms with Gasteiger partial charge in [0.15, 0.2) is 0 Å². The molecule has 0 saturated carbocycles. The van der Waals surface area contributed by atoms with Gasteiger partial charge in [0.2, 0.25) is 5.78 Å². The van der Waals surface area contributed by atoms with E-state index >= 15 is 0 Å². The van der Waals surface area contributed by atoms with Crippen LogP contribution in [0, 0.1) is 0 Å². The fourth-order valence-corrected chi connectivity index (χ4v) is 0.771. The Bertz CT molecular complexity index is 208. The third kappa shape index (κ3) is 3.13. The summed E-state index contributed by atoms with van der Waals surface area (Å²) < 4.78 is 0. The summed E-state index contributed by atoms with van der Waals surface area (Å²) in [6.07, 6.45) is -4.33. The highest BCUT2D eigenvalue weighted by Crippen LogP contribution is 2.03. The lowest BCUT2D eigenvalue weighted by Gasteiger charge is -2.24. The number of carbonyl (C=O) groups is 1. The molecule has 0 aromatic carbocycles. The van der Waals surface area contributed by atoms with Crippen LogP contribution in [0.5, 0.6) is 0 Å². The van der Waals surface area contributed by atoms with Gasteiger partial charge in [-0.2, -0.15) is 0 Å². The SMILES string of the molecule is N[C@@H](C(=O)[C]=O)[C@@H](O)[C@H](O)[C@H](O)CO. The van der Waals surface area contributed by atoms with E-state index < -0.39 is 36.7 Å². The van der Waals surface area contributed by atoms with Gasteiger partial charge < -0.3 is 26.2 Å². The van der Waals surface area contributed by atoms with Gasteiger partial charge in [-0.05, 0) is 0 Å². The van der Waals surface area contributed by atoms with E-state index in [9.17, 15) is 9.59 Å². The highest BCUT2D eigenvalue weighted by atomic mass is 16.4. The molecule has 0 rings (SSSR count). The lowest BCUT2D eigenvalue weighted by molar-refractivity contribution is -0.123. The van der Waals surface area contributed by atoms with E-state index in [1.807, 2.05) is 0 Å². The summed E-state index contributed by atoms with van der Waals surface area (Å²) in [6, 6.07) is -1.66.